The highest BCUT2D eigenvalue weighted by molar-refractivity contribution is 9.10. The molecule has 1 heterocycles. The molecule has 1 rings (SSSR count). The van der Waals surface area contributed by atoms with E-state index in [4.69, 9.17) is 11.6 Å². The summed E-state index contributed by atoms with van der Waals surface area (Å²) in [6, 6.07) is 2.05. The third-order valence-corrected chi connectivity index (χ3v) is 3.44. The molecule has 6 heteroatoms. The zero-order chi connectivity index (χ0) is 12.8. The van der Waals surface area contributed by atoms with E-state index < -0.39 is 0 Å². The number of nitrogens with zero attached hydrogens (tertiary/aromatic N) is 1. The number of anilines is 1. The Morgan fingerprint density at radius 3 is 2.94 bits per heavy atom. The number of hydrogen-bond donors (Lipinski definition) is 2. The summed E-state index contributed by atoms with van der Waals surface area (Å²) >= 11 is 9.00. The van der Waals surface area contributed by atoms with Crippen molar-refractivity contribution < 1.29 is 4.79 Å². The highest BCUT2D eigenvalue weighted by Crippen LogP contribution is 2.22. The summed E-state index contributed by atoms with van der Waals surface area (Å²) < 4.78 is 0.659. The van der Waals surface area contributed by atoms with E-state index in [1.165, 1.54) is 6.20 Å². The van der Waals surface area contributed by atoms with Gasteiger partial charge in [-0.3, -0.25) is 4.79 Å². The van der Waals surface area contributed by atoms with Gasteiger partial charge in [0.25, 0.3) is 0 Å². The molecule has 1 aromatic rings. The first kappa shape index (κ1) is 14.4. The Bertz CT molecular complexity index is 400. The van der Waals surface area contributed by atoms with Gasteiger partial charge >= 0.3 is 0 Å². The van der Waals surface area contributed by atoms with Gasteiger partial charge in [0.1, 0.15) is 5.15 Å². The first-order chi connectivity index (χ1) is 8.02. The first-order valence-electron chi connectivity index (χ1n) is 5.37. The standard InChI is InChI=1S/C11H15BrClN3O/c1-3-7(2)14-6-10(17)16-8-4-9(12)11(13)15-5-8/h4-5,7,14H,3,6H2,1-2H3,(H,16,17). The van der Waals surface area contributed by atoms with Crippen molar-refractivity contribution in [2.75, 3.05) is 11.9 Å². The van der Waals surface area contributed by atoms with Crippen molar-refractivity contribution >= 4 is 39.1 Å². The van der Waals surface area contributed by atoms with Crippen molar-refractivity contribution in [3.05, 3.63) is 21.9 Å². The monoisotopic (exact) mass is 319 g/mol. The van der Waals surface area contributed by atoms with E-state index in [9.17, 15) is 4.79 Å². The van der Waals surface area contributed by atoms with Gasteiger partial charge in [0.2, 0.25) is 5.91 Å². The van der Waals surface area contributed by atoms with Crippen LogP contribution in [0.3, 0.4) is 0 Å². The normalized spacial score (nSPS) is 12.2. The first-order valence-corrected chi connectivity index (χ1v) is 6.54. The summed E-state index contributed by atoms with van der Waals surface area (Å²) in [7, 11) is 0. The van der Waals surface area contributed by atoms with Crippen LogP contribution in [-0.4, -0.2) is 23.5 Å². The van der Waals surface area contributed by atoms with Gasteiger partial charge in [0.15, 0.2) is 0 Å². The number of aromatic nitrogens is 1. The number of hydrogen-bond acceptors (Lipinski definition) is 3. The molecule has 0 bridgehead atoms. The van der Waals surface area contributed by atoms with Gasteiger partial charge in [0.05, 0.1) is 22.9 Å². The van der Waals surface area contributed by atoms with E-state index in [1.54, 1.807) is 6.07 Å². The van der Waals surface area contributed by atoms with Crippen molar-refractivity contribution in [2.45, 2.75) is 26.3 Å². The number of nitrogens with one attached hydrogen (secondary N) is 2. The van der Waals surface area contributed by atoms with Crippen LogP contribution >= 0.6 is 27.5 Å². The van der Waals surface area contributed by atoms with Gasteiger partial charge in [-0.15, -0.1) is 0 Å². The van der Waals surface area contributed by atoms with Crippen LogP contribution in [0.15, 0.2) is 16.7 Å². The van der Waals surface area contributed by atoms with Crippen LogP contribution in [0.1, 0.15) is 20.3 Å². The van der Waals surface area contributed by atoms with Crippen LogP contribution in [0, 0.1) is 0 Å². The van der Waals surface area contributed by atoms with Crippen molar-refractivity contribution in [3.8, 4) is 0 Å². The minimum absolute atomic E-state index is 0.0960. The molecule has 1 amide bonds. The fraction of sp³-hybridized carbons (Fsp3) is 0.455. The Morgan fingerprint density at radius 1 is 1.65 bits per heavy atom. The van der Waals surface area contributed by atoms with Crippen LogP contribution in [-0.2, 0) is 4.79 Å². The van der Waals surface area contributed by atoms with Crippen molar-refractivity contribution in [2.24, 2.45) is 0 Å². The van der Waals surface area contributed by atoms with Crippen molar-refractivity contribution in [3.63, 3.8) is 0 Å². The Labute approximate surface area is 114 Å². The molecule has 0 aliphatic carbocycles. The Morgan fingerprint density at radius 2 is 2.35 bits per heavy atom. The number of carbonyl (C=O) groups excluding carboxylic acids is 1. The minimum atomic E-state index is -0.0960. The van der Waals surface area contributed by atoms with E-state index in [1.807, 2.05) is 6.92 Å². The van der Waals surface area contributed by atoms with Gasteiger partial charge in [-0.25, -0.2) is 4.98 Å². The van der Waals surface area contributed by atoms with E-state index in [0.29, 0.717) is 21.4 Å². The third kappa shape index (κ3) is 5.02. The summed E-state index contributed by atoms with van der Waals surface area (Å²) in [6.07, 6.45) is 2.51. The van der Waals surface area contributed by atoms with E-state index >= 15 is 0 Å². The van der Waals surface area contributed by atoms with Crippen LogP contribution in [0.4, 0.5) is 5.69 Å². The van der Waals surface area contributed by atoms with E-state index in [-0.39, 0.29) is 12.5 Å². The zero-order valence-corrected chi connectivity index (χ0v) is 12.1. The molecule has 0 radical (unpaired) electrons. The van der Waals surface area contributed by atoms with Gasteiger partial charge in [-0.1, -0.05) is 18.5 Å². The predicted octanol–water partition coefficient (Wildman–Crippen LogP) is 2.82. The fourth-order valence-electron chi connectivity index (χ4n) is 1.11. The van der Waals surface area contributed by atoms with Crippen molar-refractivity contribution in [1.29, 1.82) is 0 Å². The second-order valence-electron chi connectivity index (χ2n) is 3.73. The largest absolute Gasteiger partial charge is 0.324 e. The second-order valence-corrected chi connectivity index (χ2v) is 4.95. The molecule has 0 aromatic carbocycles. The number of halogens is 2. The molecule has 1 atom stereocenters. The molecular formula is C11H15BrClN3O. The number of rotatable bonds is 5. The van der Waals surface area contributed by atoms with Crippen molar-refractivity contribution in [1.82, 2.24) is 10.3 Å². The molecule has 1 unspecified atom stereocenters. The highest BCUT2D eigenvalue weighted by Gasteiger charge is 2.06. The lowest BCUT2D eigenvalue weighted by Gasteiger charge is -2.11. The summed E-state index contributed by atoms with van der Waals surface area (Å²) in [4.78, 5) is 15.5. The lowest BCUT2D eigenvalue weighted by Crippen LogP contribution is -2.33. The maximum absolute atomic E-state index is 11.6. The molecule has 0 aliphatic heterocycles. The predicted molar refractivity (Wildman–Crippen MR) is 73.3 cm³/mol. The number of carbonyl (C=O) groups is 1. The summed E-state index contributed by atoms with van der Waals surface area (Å²) in [5.74, 6) is -0.0960. The van der Waals surface area contributed by atoms with Gasteiger partial charge in [-0.05, 0) is 35.3 Å². The second kappa shape index (κ2) is 6.93. The van der Waals surface area contributed by atoms with Gasteiger partial charge < -0.3 is 10.6 Å². The van der Waals surface area contributed by atoms with Gasteiger partial charge in [0, 0.05) is 6.04 Å². The molecule has 17 heavy (non-hydrogen) atoms. The Hall–Kier alpha value is -0.650. The van der Waals surface area contributed by atoms with Gasteiger partial charge in [-0.2, -0.15) is 0 Å². The molecule has 0 spiro atoms. The molecule has 1 aromatic heterocycles. The van der Waals surface area contributed by atoms with E-state index in [2.05, 4.69) is 38.5 Å². The maximum Gasteiger partial charge on any atom is 0.238 e. The van der Waals surface area contributed by atoms with Crippen LogP contribution < -0.4 is 10.6 Å². The smallest absolute Gasteiger partial charge is 0.238 e. The average molecular weight is 321 g/mol. The number of pyridine rings is 1. The summed E-state index contributed by atoms with van der Waals surface area (Å²) in [5, 5.41) is 6.22. The number of amides is 1. The Kier molecular flexibility index (Phi) is 5.88. The molecule has 2 N–H and O–H groups in total. The summed E-state index contributed by atoms with van der Waals surface area (Å²) in [5.41, 5.74) is 0.622. The molecule has 0 fully saturated rings. The molecular weight excluding hydrogens is 305 g/mol. The maximum atomic E-state index is 11.6. The topological polar surface area (TPSA) is 54.0 Å². The molecule has 4 nitrogen and oxygen atoms in total. The molecule has 0 saturated carbocycles. The average Bonchev–Trinajstić information content (AvgIpc) is 2.31. The third-order valence-electron chi connectivity index (χ3n) is 2.30. The van der Waals surface area contributed by atoms with E-state index in [0.717, 1.165) is 6.42 Å². The molecule has 0 aliphatic rings. The zero-order valence-electron chi connectivity index (χ0n) is 9.76. The minimum Gasteiger partial charge on any atom is -0.324 e. The molecule has 94 valence electrons. The fourth-order valence-corrected chi connectivity index (χ4v) is 1.56. The van der Waals surface area contributed by atoms with Crippen LogP contribution in [0.5, 0.6) is 0 Å². The quantitative estimate of drug-likeness (QED) is 0.820. The molecule has 0 saturated heterocycles. The van der Waals surface area contributed by atoms with Crippen LogP contribution in [0.2, 0.25) is 5.15 Å². The highest BCUT2D eigenvalue weighted by atomic mass is 79.9. The lowest BCUT2D eigenvalue weighted by atomic mass is 10.2. The summed E-state index contributed by atoms with van der Waals surface area (Å²) in [6.45, 7) is 4.39. The van der Waals surface area contributed by atoms with Crippen LogP contribution in [0.25, 0.3) is 0 Å². The SMILES string of the molecule is CCC(C)NCC(=O)Nc1cnc(Cl)c(Br)c1. The Balaban J connectivity index is 2.48. The lowest BCUT2D eigenvalue weighted by molar-refractivity contribution is -0.115.